The molecule has 3 heteroatoms. The molecule has 17 heavy (non-hydrogen) atoms. The SMILES string of the molecule is C=CCNCC(=O)NCCC1CCCC(C)C1. The van der Waals surface area contributed by atoms with Crippen molar-refractivity contribution in [1.29, 1.82) is 0 Å². The second-order valence-corrected chi connectivity index (χ2v) is 5.20. The smallest absolute Gasteiger partial charge is 0.233 e. The summed E-state index contributed by atoms with van der Waals surface area (Å²) < 4.78 is 0. The van der Waals surface area contributed by atoms with Crippen LogP contribution in [0.15, 0.2) is 12.7 Å². The van der Waals surface area contributed by atoms with Gasteiger partial charge in [0.2, 0.25) is 5.91 Å². The molecule has 2 N–H and O–H groups in total. The van der Waals surface area contributed by atoms with Crippen molar-refractivity contribution in [1.82, 2.24) is 10.6 Å². The van der Waals surface area contributed by atoms with E-state index in [1.54, 1.807) is 6.08 Å². The van der Waals surface area contributed by atoms with E-state index in [1.165, 1.54) is 25.7 Å². The van der Waals surface area contributed by atoms with Crippen molar-refractivity contribution in [2.75, 3.05) is 19.6 Å². The normalized spacial score (nSPS) is 24.3. The topological polar surface area (TPSA) is 41.1 Å². The third-order valence-electron chi connectivity index (χ3n) is 3.49. The fourth-order valence-electron chi connectivity index (χ4n) is 2.59. The summed E-state index contributed by atoms with van der Waals surface area (Å²) in [6, 6.07) is 0. The zero-order chi connectivity index (χ0) is 12.5. The average molecular weight is 238 g/mol. The molecule has 0 spiro atoms. The van der Waals surface area contributed by atoms with Gasteiger partial charge in [0, 0.05) is 13.1 Å². The Morgan fingerprint density at radius 1 is 1.47 bits per heavy atom. The summed E-state index contributed by atoms with van der Waals surface area (Å²) in [7, 11) is 0. The Morgan fingerprint density at radius 2 is 2.29 bits per heavy atom. The van der Waals surface area contributed by atoms with Crippen molar-refractivity contribution in [2.24, 2.45) is 11.8 Å². The van der Waals surface area contributed by atoms with Gasteiger partial charge in [0.1, 0.15) is 0 Å². The van der Waals surface area contributed by atoms with Crippen LogP contribution in [-0.2, 0) is 4.79 Å². The number of hydrogen-bond donors (Lipinski definition) is 2. The van der Waals surface area contributed by atoms with Crippen molar-refractivity contribution < 1.29 is 4.79 Å². The van der Waals surface area contributed by atoms with Crippen LogP contribution in [0.5, 0.6) is 0 Å². The minimum atomic E-state index is 0.0932. The number of carbonyl (C=O) groups is 1. The summed E-state index contributed by atoms with van der Waals surface area (Å²) >= 11 is 0. The van der Waals surface area contributed by atoms with Crippen LogP contribution in [0.4, 0.5) is 0 Å². The largest absolute Gasteiger partial charge is 0.355 e. The highest BCUT2D eigenvalue weighted by molar-refractivity contribution is 5.77. The summed E-state index contributed by atoms with van der Waals surface area (Å²) in [5, 5.41) is 5.97. The van der Waals surface area contributed by atoms with Gasteiger partial charge in [0.05, 0.1) is 6.54 Å². The maximum Gasteiger partial charge on any atom is 0.233 e. The van der Waals surface area contributed by atoms with Gasteiger partial charge in [0.25, 0.3) is 0 Å². The van der Waals surface area contributed by atoms with E-state index in [-0.39, 0.29) is 5.91 Å². The zero-order valence-electron chi connectivity index (χ0n) is 11.0. The molecule has 1 aliphatic carbocycles. The number of rotatable bonds is 7. The van der Waals surface area contributed by atoms with Crippen molar-refractivity contribution in [3.63, 3.8) is 0 Å². The number of nitrogens with one attached hydrogen (secondary N) is 2. The average Bonchev–Trinajstić information content (AvgIpc) is 2.29. The van der Waals surface area contributed by atoms with Crippen molar-refractivity contribution in [3.8, 4) is 0 Å². The molecular weight excluding hydrogens is 212 g/mol. The number of amides is 1. The van der Waals surface area contributed by atoms with E-state index in [2.05, 4.69) is 24.1 Å². The lowest BCUT2D eigenvalue weighted by molar-refractivity contribution is -0.120. The first-order chi connectivity index (χ1) is 8.22. The molecule has 1 amide bonds. The first-order valence-corrected chi connectivity index (χ1v) is 6.80. The lowest BCUT2D eigenvalue weighted by atomic mass is 9.81. The Hall–Kier alpha value is -0.830. The molecule has 0 saturated heterocycles. The molecule has 0 heterocycles. The van der Waals surface area contributed by atoms with Gasteiger partial charge < -0.3 is 10.6 Å². The van der Waals surface area contributed by atoms with Gasteiger partial charge in [-0.2, -0.15) is 0 Å². The Labute approximate surface area is 105 Å². The highest BCUT2D eigenvalue weighted by atomic mass is 16.1. The molecule has 0 bridgehead atoms. The Balaban J connectivity index is 2.02. The molecule has 0 radical (unpaired) electrons. The van der Waals surface area contributed by atoms with Crippen LogP contribution >= 0.6 is 0 Å². The maximum absolute atomic E-state index is 11.4. The first-order valence-electron chi connectivity index (χ1n) is 6.80. The van der Waals surface area contributed by atoms with Crippen molar-refractivity contribution in [2.45, 2.75) is 39.0 Å². The Kier molecular flexibility index (Phi) is 6.94. The Bertz CT molecular complexity index is 240. The highest BCUT2D eigenvalue weighted by Gasteiger charge is 2.18. The summed E-state index contributed by atoms with van der Waals surface area (Å²) in [4.78, 5) is 11.4. The monoisotopic (exact) mass is 238 g/mol. The molecule has 1 rings (SSSR count). The third kappa shape index (κ3) is 6.47. The fourth-order valence-corrected chi connectivity index (χ4v) is 2.59. The van der Waals surface area contributed by atoms with Gasteiger partial charge in [0.15, 0.2) is 0 Å². The van der Waals surface area contributed by atoms with Crippen LogP contribution in [0.25, 0.3) is 0 Å². The van der Waals surface area contributed by atoms with Gasteiger partial charge in [-0.25, -0.2) is 0 Å². The molecular formula is C14H26N2O. The molecule has 0 aliphatic heterocycles. The van der Waals surface area contributed by atoms with Crippen molar-refractivity contribution >= 4 is 5.91 Å². The molecule has 1 saturated carbocycles. The van der Waals surface area contributed by atoms with E-state index in [1.807, 2.05) is 0 Å². The maximum atomic E-state index is 11.4. The first kappa shape index (κ1) is 14.2. The number of carbonyl (C=O) groups excluding carboxylic acids is 1. The van der Waals surface area contributed by atoms with Gasteiger partial charge >= 0.3 is 0 Å². The van der Waals surface area contributed by atoms with Crippen LogP contribution < -0.4 is 10.6 Å². The molecule has 98 valence electrons. The van der Waals surface area contributed by atoms with Crippen LogP contribution in [0, 0.1) is 11.8 Å². The quantitative estimate of drug-likeness (QED) is 0.527. The molecule has 1 aliphatic rings. The molecule has 0 aromatic carbocycles. The predicted octanol–water partition coefficient (Wildman–Crippen LogP) is 2.09. The number of hydrogen-bond acceptors (Lipinski definition) is 2. The van der Waals surface area contributed by atoms with Crippen LogP contribution in [-0.4, -0.2) is 25.5 Å². The predicted molar refractivity (Wildman–Crippen MR) is 71.8 cm³/mol. The fraction of sp³-hybridized carbons (Fsp3) is 0.786. The van der Waals surface area contributed by atoms with Crippen LogP contribution in [0.1, 0.15) is 39.0 Å². The molecule has 3 nitrogen and oxygen atoms in total. The van der Waals surface area contributed by atoms with Crippen LogP contribution in [0.3, 0.4) is 0 Å². The minimum absolute atomic E-state index is 0.0932. The summed E-state index contributed by atoms with van der Waals surface area (Å²) in [6.45, 7) is 7.84. The summed E-state index contributed by atoms with van der Waals surface area (Å²) in [5.41, 5.74) is 0. The Morgan fingerprint density at radius 3 is 3.00 bits per heavy atom. The lowest BCUT2D eigenvalue weighted by Crippen LogP contribution is -2.35. The van der Waals surface area contributed by atoms with E-state index < -0.39 is 0 Å². The van der Waals surface area contributed by atoms with Gasteiger partial charge in [-0.15, -0.1) is 6.58 Å². The van der Waals surface area contributed by atoms with E-state index in [4.69, 9.17) is 0 Å². The second kappa shape index (κ2) is 8.29. The zero-order valence-corrected chi connectivity index (χ0v) is 11.0. The van der Waals surface area contributed by atoms with Crippen LogP contribution in [0.2, 0.25) is 0 Å². The van der Waals surface area contributed by atoms with Gasteiger partial charge in [-0.1, -0.05) is 32.3 Å². The molecule has 1 fully saturated rings. The molecule has 0 aromatic heterocycles. The van der Waals surface area contributed by atoms with Gasteiger partial charge in [-0.3, -0.25) is 4.79 Å². The van der Waals surface area contributed by atoms with E-state index in [0.29, 0.717) is 13.1 Å². The molecule has 2 unspecified atom stereocenters. The van der Waals surface area contributed by atoms with E-state index in [0.717, 1.165) is 24.8 Å². The lowest BCUT2D eigenvalue weighted by Gasteiger charge is -2.26. The second-order valence-electron chi connectivity index (χ2n) is 5.20. The minimum Gasteiger partial charge on any atom is -0.355 e. The van der Waals surface area contributed by atoms with E-state index >= 15 is 0 Å². The van der Waals surface area contributed by atoms with Gasteiger partial charge in [-0.05, 0) is 24.7 Å². The van der Waals surface area contributed by atoms with E-state index in [9.17, 15) is 4.79 Å². The third-order valence-corrected chi connectivity index (χ3v) is 3.49. The highest BCUT2D eigenvalue weighted by Crippen LogP contribution is 2.30. The summed E-state index contributed by atoms with van der Waals surface area (Å²) in [5.74, 6) is 1.79. The standard InChI is InChI=1S/C14H26N2O/c1-3-8-15-11-14(17)16-9-7-13-6-4-5-12(2)10-13/h3,12-13,15H,1,4-11H2,2H3,(H,16,17). The van der Waals surface area contributed by atoms with Crippen molar-refractivity contribution in [3.05, 3.63) is 12.7 Å². The molecule has 0 aromatic rings. The summed E-state index contributed by atoms with van der Waals surface area (Å²) in [6.07, 6.45) is 8.32. The molecule has 2 atom stereocenters.